The molecule has 1 N–H and O–H groups in total. The molecular weight excluding hydrogens is 324 g/mol. The molecule has 4 nitrogen and oxygen atoms in total. The molecule has 0 atom stereocenters. The Morgan fingerprint density at radius 3 is 2.46 bits per heavy atom. The Bertz CT molecular complexity index is 1100. The number of methoxy groups -OCH3 is 1. The number of aromatic hydroxyl groups is 1. The molecule has 0 fully saturated rings. The summed E-state index contributed by atoms with van der Waals surface area (Å²) in [6.45, 7) is 0. The highest BCUT2D eigenvalue weighted by Crippen LogP contribution is 2.32. The zero-order valence-corrected chi connectivity index (χ0v) is 14.3. The Labute approximate surface area is 151 Å². The Kier molecular flexibility index (Phi) is 4.15. The van der Waals surface area contributed by atoms with Crippen LogP contribution in [0.1, 0.15) is 5.56 Å². The number of phenolic OH excluding ortho intramolecular Hbond substituents is 1. The summed E-state index contributed by atoms with van der Waals surface area (Å²) < 4.78 is 5.53. The van der Waals surface area contributed by atoms with Crippen LogP contribution in [0.4, 0.5) is 5.69 Å². The van der Waals surface area contributed by atoms with E-state index in [1.54, 1.807) is 24.3 Å². The minimum atomic E-state index is 0.172. The van der Waals surface area contributed by atoms with Gasteiger partial charge in [-0.2, -0.15) is 5.10 Å². The largest absolute Gasteiger partial charge is 0.506 e. The molecule has 0 aliphatic carbocycles. The predicted molar refractivity (Wildman–Crippen MR) is 103 cm³/mol. The van der Waals surface area contributed by atoms with Gasteiger partial charge >= 0.3 is 0 Å². The molecule has 3 aromatic rings. The summed E-state index contributed by atoms with van der Waals surface area (Å²) in [5.41, 5.74) is 2.52. The summed E-state index contributed by atoms with van der Waals surface area (Å²) in [6.07, 6.45) is 3.99. The lowest BCUT2D eigenvalue weighted by Crippen LogP contribution is -2.26. The number of nitrogens with zero attached hydrogens (tertiary/aromatic N) is 2. The normalized spacial score (nSPS) is 13.0. The van der Waals surface area contributed by atoms with E-state index in [1.807, 2.05) is 66.9 Å². The Morgan fingerprint density at radius 1 is 0.885 bits per heavy atom. The van der Waals surface area contributed by atoms with Gasteiger partial charge in [-0.25, -0.2) is 5.01 Å². The fourth-order valence-electron chi connectivity index (χ4n) is 2.99. The van der Waals surface area contributed by atoms with Crippen molar-refractivity contribution in [1.82, 2.24) is 0 Å². The molecule has 26 heavy (non-hydrogen) atoms. The predicted octanol–water partition coefficient (Wildman–Crippen LogP) is 3.28. The Balaban J connectivity index is 1.98. The quantitative estimate of drug-likeness (QED) is 0.794. The molecule has 1 heterocycles. The summed E-state index contributed by atoms with van der Waals surface area (Å²) >= 11 is 0. The van der Waals surface area contributed by atoms with E-state index in [9.17, 15) is 5.11 Å². The van der Waals surface area contributed by atoms with Crippen molar-refractivity contribution in [3.05, 3.63) is 95.1 Å². The van der Waals surface area contributed by atoms with Crippen molar-refractivity contribution in [2.75, 3.05) is 12.1 Å². The zero-order valence-electron chi connectivity index (χ0n) is 14.3. The van der Waals surface area contributed by atoms with Crippen molar-refractivity contribution >= 4 is 17.3 Å². The minimum absolute atomic E-state index is 0.172. The number of anilines is 1. The van der Waals surface area contributed by atoms with E-state index < -0.39 is 0 Å². The third-order valence-corrected chi connectivity index (χ3v) is 4.27. The average molecular weight is 342 g/mol. The van der Waals surface area contributed by atoms with Crippen LogP contribution in [0.3, 0.4) is 0 Å². The van der Waals surface area contributed by atoms with Gasteiger partial charge in [0.1, 0.15) is 17.2 Å². The van der Waals surface area contributed by atoms with Gasteiger partial charge in [-0.05, 0) is 30.3 Å². The van der Waals surface area contributed by atoms with Gasteiger partial charge in [0.25, 0.3) is 0 Å². The minimum Gasteiger partial charge on any atom is -0.506 e. The fraction of sp³-hybridized carbons (Fsp3) is 0.0455. The van der Waals surface area contributed by atoms with Crippen LogP contribution in [0.2, 0.25) is 0 Å². The van der Waals surface area contributed by atoms with E-state index in [0.717, 1.165) is 27.5 Å². The van der Waals surface area contributed by atoms with Crippen LogP contribution in [0.25, 0.3) is 11.6 Å². The Hall–Kier alpha value is -3.53. The van der Waals surface area contributed by atoms with Crippen molar-refractivity contribution in [2.45, 2.75) is 0 Å². The maximum atomic E-state index is 10.3. The van der Waals surface area contributed by atoms with Crippen molar-refractivity contribution < 1.29 is 9.84 Å². The SMILES string of the molecule is COc1ccccc1C1=CN(c2ccccc2O)N=c2ccccc2=C1. The van der Waals surface area contributed by atoms with Gasteiger partial charge in [-0.3, -0.25) is 0 Å². The highest BCUT2D eigenvalue weighted by Gasteiger charge is 2.14. The number of fused-ring (bicyclic) bond motifs is 1. The molecule has 0 saturated heterocycles. The van der Waals surface area contributed by atoms with Gasteiger partial charge in [0.2, 0.25) is 0 Å². The molecule has 128 valence electrons. The monoisotopic (exact) mass is 342 g/mol. The molecule has 0 aromatic heterocycles. The van der Waals surface area contributed by atoms with Crippen LogP contribution < -0.4 is 20.3 Å². The van der Waals surface area contributed by atoms with Crippen molar-refractivity contribution in [3.63, 3.8) is 0 Å². The van der Waals surface area contributed by atoms with Gasteiger partial charge < -0.3 is 9.84 Å². The molecule has 3 aromatic carbocycles. The van der Waals surface area contributed by atoms with E-state index in [0.29, 0.717) is 5.69 Å². The number of allylic oxidation sites excluding steroid dienone is 1. The van der Waals surface area contributed by atoms with Crippen LogP contribution in [-0.4, -0.2) is 12.2 Å². The molecule has 0 unspecified atom stereocenters. The van der Waals surface area contributed by atoms with E-state index >= 15 is 0 Å². The number of para-hydroxylation sites is 3. The molecule has 0 amide bonds. The lowest BCUT2D eigenvalue weighted by molar-refractivity contribution is 0.413. The molecule has 0 bridgehead atoms. The van der Waals surface area contributed by atoms with E-state index in [-0.39, 0.29) is 5.75 Å². The second-order valence-electron chi connectivity index (χ2n) is 5.92. The summed E-state index contributed by atoms with van der Waals surface area (Å²) in [5, 5.41) is 18.6. The number of phenols is 1. The van der Waals surface area contributed by atoms with E-state index in [2.05, 4.69) is 6.08 Å². The summed E-state index contributed by atoms with van der Waals surface area (Å²) in [6, 6.07) is 22.9. The second kappa shape index (κ2) is 6.76. The van der Waals surface area contributed by atoms with Crippen LogP contribution in [-0.2, 0) is 0 Å². The molecule has 4 heteroatoms. The van der Waals surface area contributed by atoms with Crippen LogP contribution >= 0.6 is 0 Å². The van der Waals surface area contributed by atoms with E-state index in [4.69, 9.17) is 9.84 Å². The lowest BCUT2D eigenvalue weighted by Gasteiger charge is -2.17. The van der Waals surface area contributed by atoms with Crippen LogP contribution in [0.5, 0.6) is 11.5 Å². The van der Waals surface area contributed by atoms with Crippen molar-refractivity contribution in [3.8, 4) is 11.5 Å². The van der Waals surface area contributed by atoms with Crippen molar-refractivity contribution in [1.29, 1.82) is 0 Å². The number of hydrogen-bond acceptors (Lipinski definition) is 4. The van der Waals surface area contributed by atoms with Gasteiger partial charge in [0, 0.05) is 22.6 Å². The summed E-state index contributed by atoms with van der Waals surface area (Å²) in [4.78, 5) is 0. The third-order valence-electron chi connectivity index (χ3n) is 4.27. The highest BCUT2D eigenvalue weighted by molar-refractivity contribution is 5.92. The molecular formula is C22H18N2O2. The lowest BCUT2D eigenvalue weighted by atomic mass is 10.0. The molecule has 0 spiro atoms. The first-order chi connectivity index (χ1) is 12.8. The molecule has 0 saturated carbocycles. The van der Waals surface area contributed by atoms with Gasteiger partial charge in [0.15, 0.2) is 0 Å². The zero-order chi connectivity index (χ0) is 17.9. The first-order valence-corrected chi connectivity index (χ1v) is 8.34. The summed E-state index contributed by atoms with van der Waals surface area (Å²) in [5.74, 6) is 0.956. The molecule has 1 aliphatic rings. The van der Waals surface area contributed by atoms with Crippen LogP contribution in [0.15, 0.2) is 84.1 Å². The molecule has 0 radical (unpaired) electrons. The maximum Gasteiger partial charge on any atom is 0.141 e. The van der Waals surface area contributed by atoms with Crippen LogP contribution in [0, 0.1) is 0 Å². The highest BCUT2D eigenvalue weighted by atomic mass is 16.5. The molecule has 4 rings (SSSR count). The second-order valence-corrected chi connectivity index (χ2v) is 5.92. The van der Waals surface area contributed by atoms with Gasteiger partial charge in [-0.1, -0.05) is 48.5 Å². The fourth-order valence-corrected chi connectivity index (χ4v) is 2.99. The maximum absolute atomic E-state index is 10.3. The molecule has 1 aliphatic heterocycles. The first-order valence-electron chi connectivity index (χ1n) is 8.34. The number of ether oxygens (including phenoxy) is 1. The number of rotatable bonds is 3. The smallest absolute Gasteiger partial charge is 0.141 e. The third kappa shape index (κ3) is 2.93. The van der Waals surface area contributed by atoms with E-state index in [1.165, 1.54) is 0 Å². The topological polar surface area (TPSA) is 45.1 Å². The number of benzene rings is 3. The first kappa shape index (κ1) is 16.0. The number of hydrogen-bond donors (Lipinski definition) is 1. The standard InChI is InChI=1S/C22H18N2O2/c1-26-22-13-7-3-9-18(22)17-14-16-8-2-4-10-19(16)23-24(15-17)20-11-5-6-12-21(20)25/h2-15,25H,1H3. The van der Waals surface area contributed by atoms with Crippen molar-refractivity contribution in [2.24, 2.45) is 5.10 Å². The van der Waals surface area contributed by atoms with Gasteiger partial charge in [-0.15, -0.1) is 0 Å². The Morgan fingerprint density at radius 2 is 1.62 bits per heavy atom. The average Bonchev–Trinajstić information content (AvgIpc) is 2.88. The van der Waals surface area contributed by atoms with Gasteiger partial charge in [0.05, 0.1) is 12.5 Å². The summed E-state index contributed by atoms with van der Waals surface area (Å²) in [7, 11) is 1.66.